The highest BCUT2D eigenvalue weighted by Gasteiger charge is 2.27. The molecule has 0 aliphatic heterocycles. The van der Waals surface area contributed by atoms with Gasteiger partial charge in [0, 0.05) is 24.2 Å². The summed E-state index contributed by atoms with van der Waals surface area (Å²) in [7, 11) is 0. The molecule has 0 saturated heterocycles. The van der Waals surface area contributed by atoms with Gasteiger partial charge in [-0.25, -0.2) is 9.18 Å². The van der Waals surface area contributed by atoms with E-state index in [0.717, 1.165) is 18.9 Å². The third kappa shape index (κ3) is 3.30. The summed E-state index contributed by atoms with van der Waals surface area (Å²) in [5.74, 6) is -1.43. The maximum atomic E-state index is 13.8. The van der Waals surface area contributed by atoms with Gasteiger partial charge in [0.2, 0.25) is 5.43 Å². The van der Waals surface area contributed by atoms with Crippen molar-refractivity contribution in [2.45, 2.75) is 31.7 Å². The number of ether oxygens (including phenoxy) is 1. The minimum absolute atomic E-state index is 0.0159. The topological polar surface area (TPSA) is 68.5 Å². The summed E-state index contributed by atoms with van der Waals surface area (Å²) >= 11 is 5.84. The number of hydrogen-bond acceptors (Lipinski definition) is 4. The number of pyridine rings is 1. The zero-order valence-corrected chi connectivity index (χ0v) is 13.7. The van der Waals surface area contributed by atoms with Crippen LogP contribution < -0.4 is 5.43 Å². The third-order valence-corrected chi connectivity index (χ3v) is 4.31. The van der Waals surface area contributed by atoms with Gasteiger partial charge < -0.3 is 14.4 Å². The van der Waals surface area contributed by atoms with Gasteiger partial charge in [0.05, 0.1) is 17.1 Å². The van der Waals surface area contributed by atoms with Crippen molar-refractivity contribution in [2.24, 2.45) is 0 Å². The number of aliphatic hydroxyl groups excluding tert-OH is 1. The number of carbonyl (C=O) groups is 1. The Morgan fingerprint density at radius 2 is 2.12 bits per heavy atom. The van der Waals surface area contributed by atoms with Crippen LogP contribution in [0.4, 0.5) is 4.39 Å². The lowest BCUT2D eigenvalue weighted by Crippen LogP contribution is -2.21. The van der Waals surface area contributed by atoms with E-state index in [1.54, 1.807) is 4.57 Å². The number of hydrogen-bond donors (Lipinski definition) is 1. The van der Waals surface area contributed by atoms with Crippen molar-refractivity contribution in [1.82, 2.24) is 4.57 Å². The molecule has 1 N–H and O–H groups in total. The van der Waals surface area contributed by atoms with Crippen LogP contribution in [-0.2, 0) is 4.74 Å². The second-order valence-corrected chi connectivity index (χ2v) is 6.27. The van der Waals surface area contributed by atoms with Gasteiger partial charge in [0.25, 0.3) is 0 Å². The summed E-state index contributed by atoms with van der Waals surface area (Å²) in [4.78, 5) is 24.8. The summed E-state index contributed by atoms with van der Waals surface area (Å²) in [5.41, 5.74) is -0.157. The molecular formula is C17H17ClFNO4. The zero-order chi connectivity index (χ0) is 17.3. The van der Waals surface area contributed by atoms with Crippen molar-refractivity contribution in [2.75, 3.05) is 13.2 Å². The van der Waals surface area contributed by atoms with Crippen LogP contribution in [0.5, 0.6) is 0 Å². The quantitative estimate of drug-likeness (QED) is 0.640. The molecule has 0 bridgehead atoms. The van der Waals surface area contributed by atoms with E-state index < -0.39 is 17.2 Å². The molecule has 1 heterocycles. The van der Waals surface area contributed by atoms with Crippen molar-refractivity contribution in [3.05, 3.63) is 45.0 Å². The molecule has 1 aromatic heterocycles. The normalized spacial score (nSPS) is 14.1. The molecule has 24 heavy (non-hydrogen) atoms. The number of esters is 1. The standard InChI is InChI=1S/C17H17ClFNO4/c18-13-8-15-11(7-14(13)19)16(22)12(9-20(15)10-3-4-10)17(23)24-6-2-1-5-21/h7-10,21H,1-6H2. The minimum Gasteiger partial charge on any atom is -0.462 e. The average Bonchev–Trinajstić information content (AvgIpc) is 3.38. The maximum absolute atomic E-state index is 13.8. The van der Waals surface area contributed by atoms with E-state index in [1.165, 1.54) is 12.3 Å². The van der Waals surface area contributed by atoms with E-state index in [4.69, 9.17) is 21.4 Å². The SMILES string of the molecule is O=C(OCCCCO)c1cn(C2CC2)c2cc(Cl)c(F)cc2c1=O. The molecular weight excluding hydrogens is 337 g/mol. The Labute approximate surface area is 142 Å². The van der Waals surface area contributed by atoms with Crippen LogP contribution in [0, 0.1) is 5.82 Å². The smallest absolute Gasteiger partial charge is 0.343 e. The lowest BCUT2D eigenvalue weighted by atomic mass is 10.1. The maximum Gasteiger partial charge on any atom is 0.343 e. The first-order chi connectivity index (χ1) is 11.5. The van der Waals surface area contributed by atoms with E-state index >= 15 is 0 Å². The number of rotatable bonds is 6. The molecule has 1 fully saturated rings. The predicted molar refractivity (Wildman–Crippen MR) is 88.0 cm³/mol. The molecule has 5 nitrogen and oxygen atoms in total. The third-order valence-electron chi connectivity index (χ3n) is 4.02. The Morgan fingerprint density at radius 3 is 2.79 bits per heavy atom. The Hall–Kier alpha value is -1.92. The number of fused-ring (bicyclic) bond motifs is 1. The first-order valence-corrected chi connectivity index (χ1v) is 8.22. The van der Waals surface area contributed by atoms with Crippen LogP contribution >= 0.6 is 11.6 Å². The number of halogens is 2. The fraction of sp³-hybridized carbons (Fsp3) is 0.412. The van der Waals surface area contributed by atoms with E-state index in [9.17, 15) is 14.0 Å². The molecule has 128 valence electrons. The Balaban J connectivity index is 2.02. The summed E-state index contributed by atoms with van der Waals surface area (Å²) in [5, 5.41) is 8.78. The largest absolute Gasteiger partial charge is 0.462 e. The van der Waals surface area contributed by atoms with Crippen molar-refractivity contribution in [3.63, 3.8) is 0 Å². The fourth-order valence-corrected chi connectivity index (χ4v) is 2.76. The first kappa shape index (κ1) is 16.9. The van der Waals surface area contributed by atoms with Gasteiger partial charge >= 0.3 is 5.97 Å². The summed E-state index contributed by atoms with van der Waals surface area (Å²) < 4.78 is 20.7. The number of nitrogens with zero attached hydrogens (tertiary/aromatic N) is 1. The van der Waals surface area contributed by atoms with Crippen LogP contribution in [0.3, 0.4) is 0 Å². The summed E-state index contributed by atoms with van der Waals surface area (Å²) in [6.07, 6.45) is 4.36. The van der Waals surface area contributed by atoms with Gasteiger partial charge in [0.15, 0.2) is 0 Å². The van der Waals surface area contributed by atoms with Gasteiger partial charge in [-0.15, -0.1) is 0 Å². The highest BCUT2D eigenvalue weighted by Crippen LogP contribution is 2.37. The molecule has 1 aliphatic rings. The Morgan fingerprint density at radius 1 is 1.38 bits per heavy atom. The van der Waals surface area contributed by atoms with Crippen LogP contribution in [0.2, 0.25) is 5.02 Å². The number of aromatic nitrogens is 1. The molecule has 0 radical (unpaired) electrons. The highest BCUT2D eigenvalue weighted by atomic mass is 35.5. The van der Waals surface area contributed by atoms with Gasteiger partial charge in [0.1, 0.15) is 11.4 Å². The summed E-state index contributed by atoms with van der Waals surface area (Å²) in [6.45, 7) is 0.136. The van der Waals surface area contributed by atoms with E-state index in [0.29, 0.717) is 18.4 Å². The van der Waals surface area contributed by atoms with E-state index in [1.807, 2.05) is 0 Å². The molecule has 1 saturated carbocycles. The van der Waals surface area contributed by atoms with Crippen molar-refractivity contribution < 1.29 is 19.0 Å². The molecule has 0 atom stereocenters. The van der Waals surface area contributed by atoms with Gasteiger partial charge in [-0.3, -0.25) is 4.79 Å². The average molecular weight is 354 g/mol. The molecule has 1 aromatic carbocycles. The molecule has 2 aromatic rings. The van der Waals surface area contributed by atoms with Crippen LogP contribution in [-0.4, -0.2) is 28.9 Å². The second kappa shape index (κ2) is 6.91. The lowest BCUT2D eigenvalue weighted by Gasteiger charge is -2.13. The fourth-order valence-electron chi connectivity index (χ4n) is 2.60. The molecule has 0 spiro atoms. The molecule has 7 heteroatoms. The van der Waals surface area contributed by atoms with E-state index in [-0.39, 0.29) is 35.2 Å². The van der Waals surface area contributed by atoms with E-state index in [2.05, 4.69) is 0 Å². The van der Waals surface area contributed by atoms with Crippen molar-refractivity contribution >= 4 is 28.5 Å². The number of carbonyl (C=O) groups excluding carboxylic acids is 1. The number of unbranched alkanes of at least 4 members (excludes halogenated alkanes) is 1. The minimum atomic E-state index is -0.732. The second-order valence-electron chi connectivity index (χ2n) is 5.86. The molecule has 3 rings (SSSR count). The lowest BCUT2D eigenvalue weighted by molar-refractivity contribution is 0.0490. The highest BCUT2D eigenvalue weighted by molar-refractivity contribution is 6.31. The van der Waals surface area contributed by atoms with Crippen LogP contribution in [0.25, 0.3) is 10.9 Å². The molecule has 1 aliphatic carbocycles. The Bertz CT molecular complexity index is 845. The zero-order valence-electron chi connectivity index (χ0n) is 12.9. The van der Waals surface area contributed by atoms with Gasteiger partial charge in [-0.2, -0.15) is 0 Å². The number of aliphatic hydroxyl groups is 1. The number of benzene rings is 1. The first-order valence-electron chi connectivity index (χ1n) is 7.85. The molecule has 0 unspecified atom stereocenters. The molecule has 0 amide bonds. The van der Waals surface area contributed by atoms with Crippen molar-refractivity contribution in [1.29, 1.82) is 0 Å². The summed E-state index contributed by atoms with van der Waals surface area (Å²) in [6, 6.07) is 2.67. The van der Waals surface area contributed by atoms with Gasteiger partial charge in [-0.05, 0) is 37.8 Å². The van der Waals surface area contributed by atoms with Gasteiger partial charge in [-0.1, -0.05) is 11.6 Å². The Kier molecular flexibility index (Phi) is 4.87. The predicted octanol–water partition coefficient (Wildman–Crippen LogP) is 3.06. The van der Waals surface area contributed by atoms with Crippen LogP contribution in [0.15, 0.2) is 23.1 Å². The monoisotopic (exact) mass is 353 g/mol. The van der Waals surface area contributed by atoms with Crippen LogP contribution in [0.1, 0.15) is 42.1 Å². The van der Waals surface area contributed by atoms with Crippen molar-refractivity contribution in [3.8, 4) is 0 Å².